The molecule has 0 aliphatic rings. The van der Waals surface area contributed by atoms with Crippen LogP contribution in [0.15, 0.2) is 66.7 Å². The maximum atomic E-state index is 12.1. The number of hydrogen-bond donors (Lipinski definition) is 1. The molecule has 0 unspecified atom stereocenters. The van der Waals surface area contributed by atoms with Crippen LogP contribution in [0.1, 0.15) is 11.3 Å². The third kappa shape index (κ3) is 3.20. The average Bonchev–Trinajstić information content (AvgIpc) is 2.54. The predicted octanol–water partition coefficient (Wildman–Crippen LogP) is 4.20. The minimum absolute atomic E-state index is 0.153. The number of anilines is 1. The molecule has 0 bridgehead atoms. The first-order chi connectivity index (χ1) is 10.7. The summed E-state index contributed by atoms with van der Waals surface area (Å²) in [5.74, 6) is -0.153. The molecule has 1 N–H and O–H groups in total. The highest BCUT2D eigenvalue weighted by molar-refractivity contribution is 6.07. The Balaban J connectivity index is 1.84. The van der Waals surface area contributed by atoms with Crippen LogP contribution in [-0.2, 0) is 4.79 Å². The summed E-state index contributed by atoms with van der Waals surface area (Å²) in [5, 5.41) is 3.87. The van der Waals surface area contributed by atoms with Crippen LogP contribution < -0.4 is 5.32 Å². The number of nitrogens with one attached hydrogen (secondary N) is 1. The minimum atomic E-state index is -0.153. The molecule has 0 saturated carbocycles. The van der Waals surface area contributed by atoms with Crippen molar-refractivity contribution < 1.29 is 4.79 Å². The molecule has 0 fully saturated rings. The smallest absolute Gasteiger partial charge is 0.248 e. The SMILES string of the molecule is Cc1cc(NC(=O)/C=C\c2ccccc2)c2ccccc2n1. The van der Waals surface area contributed by atoms with Gasteiger partial charge in [-0.3, -0.25) is 9.78 Å². The molecule has 1 amide bonds. The van der Waals surface area contributed by atoms with Crippen molar-refractivity contribution in [3.05, 3.63) is 78.0 Å². The zero-order chi connectivity index (χ0) is 15.4. The number of pyridine rings is 1. The second-order valence-electron chi connectivity index (χ2n) is 5.06. The predicted molar refractivity (Wildman–Crippen MR) is 90.6 cm³/mol. The van der Waals surface area contributed by atoms with Crippen LogP contribution in [-0.4, -0.2) is 10.9 Å². The van der Waals surface area contributed by atoms with Crippen molar-refractivity contribution in [3.63, 3.8) is 0 Å². The molecule has 3 rings (SSSR count). The Labute approximate surface area is 129 Å². The van der Waals surface area contributed by atoms with Crippen LogP contribution in [0.25, 0.3) is 17.0 Å². The molecular formula is C19H16N2O. The Morgan fingerprint density at radius 2 is 1.77 bits per heavy atom. The highest BCUT2D eigenvalue weighted by atomic mass is 16.1. The van der Waals surface area contributed by atoms with Crippen molar-refractivity contribution in [3.8, 4) is 0 Å². The number of carbonyl (C=O) groups is 1. The molecule has 0 radical (unpaired) electrons. The fourth-order valence-electron chi connectivity index (χ4n) is 2.32. The summed E-state index contributed by atoms with van der Waals surface area (Å²) in [5.41, 5.74) is 3.53. The quantitative estimate of drug-likeness (QED) is 0.734. The van der Waals surface area contributed by atoms with Crippen molar-refractivity contribution in [2.45, 2.75) is 6.92 Å². The summed E-state index contributed by atoms with van der Waals surface area (Å²) in [6.07, 6.45) is 3.34. The van der Waals surface area contributed by atoms with E-state index in [0.29, 0.717) is 0 Å². The van der Waals surface area contributed by atoms with Gasteiger partial charge in [0.2, 0.25) is 5.91 Å². The zero-order valence-electron chi connectivity index (χ0n) is 12.3. The van der Waals surface area contributed by atoms with E-state index in [4.69, 9.17) is 0 Å². The van der Waals surface area contributed by atoms with Gasteiger partial charge in [0.25, 0.3) is 0 Å². The van der Waals surface area contributed by atoms with Gasteiger partial charge >= 0.3 is 0 Å². The molecule has 1 heterocycles. The minimum Gasteiger partial charge on any atom is -0.322 e. The van der Waals surface area contributed by atoms with E-state index >= 15 is 0 Å². The summed E-state index contributed by atoms with van der Waals surface area (Å²) < 4.78 is 0. The molecule has 0 aliphatic heterocycles. The largest absolute Gasteiger partial charge is 0.322 e. The number of aromatic nitrogens is 1. The molecule has 3 nitrogen and oxygen atoms in total. The monoisotopic (exact) mass is 288 g/mol. The summed E-state index contributed by atoms with van der Waals surface area (Å²) in [6, 6.07) is 19.4. The maximum absolute atomic E-state index is 12.1. The molecule has 3 aromatic rings. The highest BCUT2D eigenvalue weighted by Gasteiger charge is 2.05. The first kappa shape index (κ1) is 14.0. The number of para-hydroxylation sites is 1. The molecule has 0 saturated heterocycles. The van der Waals surface area contributed by atoms with E-state index in [9.17, 15) is 4.79 Å². The molecule has 1 aromatic heterocycles. The van der Waals surface area contributed by atoms with Gasteiger partial charge in [-0.15, -0.1) is 0 Å². The normalized spacial score (nSPS) is 11.0. The second-order valence-corrected chi connectivity index (χ2v) is 5.06. The van der Waals surface area contributed by atoms with Crippen molar-refractivity contribution in [1.29, 1.82) is 0 Å². The molecule has 3 heteroatoms. The lowest BCUT2D eigenvalue weighted by Crippen LogP contribution is -2.08. The van der Waals surface area contributed by atoms with Crippen molar-refractivity contribution in [2.75, 3.05) is 5.32 Å². The van der Waals surface area contributed by atoms with Gasteiger partial charge in [-0.25, -0.2) is 0 Å². The van der Waals surface area contributed by atoms with Crippen molar-refractivity contribution in [1.82, 2.24) is 4.98 Å². The van der Waals surface area contributed by atoms with Crippen LogP contribution in [0.5, 0.6) is 0 Å². The third-order valence-electron chi connectivity index (χ3n) is 3.33. The number of fused-ring (bicyclic) bond motifs is 1. The molecule has 0 aliphatic carbocycles. The van der Waals surface area contributed by atoms with E-state index in [0.717, 1.165) is 27.8 Å². The van der Waals surface area contributed by atoms with Gasteiger partial charge < -0.3 is 5.32 Å². The summed E-state index contributed by atoms with van der Waals surface area (Å²) >= 11 is 0. The van der Waals surface area contributed by atoms with E-state index in [1.807, 2.05) is 67.6 Å². The molecular weight excluding hydrogens is 272 g/mol. The molecule has 22 heavy (non-hydrogen) atoms. The lowest BCUT2D eigenvalue weighted by Gasteiger charge is -2.08. The lowest BCUT2D eigenvalue weighted by molar-refractivity contribution is -0.111. The van der Waals surface area contributed by atoms with Crippen LogP contribution in [0.3, 0.4) is 0 Å². The van der Waals surface area contributed by atoms with Gasteiger partial charge in [-0.1, -0.05) is 48.5 Å². The van der Waals surface area contributed by atoms with E-state index in [1.54, 1.807) is 12.2 Å². The van der Waals surface area contributed by atoms with Gasteiger partial charge in [-0.2, -0.15) is 0 Å². The number of amides is 1. The van der Waals surface area contributed by atoms with Gasteiger partial charge in [0.05, 0.1) is 11.2 Å². The van der Waals surface area contributed by atoms with Crippen LogP contribution in [0.2, 0.25) is 0 Å². The van der Waals surface area contributed by atoms with Gasteiger partial charge in [0, 0.05) is 17.2 Å². The number of hydrogen-bond acceptors (Lipinski definition) is 2. The molecule has 2 aromatic carbocycles. The van der Waals surface area contributed by atoms with Crippen molar-refractivity contribution in [2.24, 2.45) is 0 Å². The highest BCUT2D eigenvalue weighted by Crippen LogP contribution is 2.22. The second kappa shape index (κ2) is 6.22. The fraction of sp³-hybridized carbons (Fsp3) is 0.0526. The van der Waals surface area contributed by atoms with Gasteiger partial charge in [0.15, 0.2) is 0 Å². The Kier molecular flexibility index (Phi) is 3.97. The van der Waals surface area contributed by atoms with E-state index < -0.39 is 0 Å². The van der Waals surface area contributed by atoms with Crippen LogP contribution in [0.4, 0.5) is 5.69 Å². The zero-order valence-corrected chi connectivity index (χ0v) is 12.3. The van der Waals surface area contributed by atoms with Crippen LogP contribution >= 0.6 is 0 Å². The Bertz CT molecular complexity index is 838. The van der Waals surface area contributed by atoms with Gasteiger partial charge in [0.1, 0.15) is 0 Å². The Morgan fingerprint density at radius 1 is 1.05 bits per heavy atom. The number of nitrogens with zero attached hydrogens (tertiary/aromatic N) is 1. The maximum Gasteiger partial charge on any atom is 0.248 e. The first-order valence-electron chi connectivity index (χ1n) is 7.13. The van der Waals surface area contributed by atoms with E-state index in [-0.39, 0.29) is 5.91 Å². The molecule has 108 valence electrons. The number of carbonyl (C=O) groups excluding carboxylic acids is 1. The standard InChI is InChI=1S/C19H16N2O/c1-14-13-18(16-9-5-6-10-17(16)20-14)21-19(22)12-11-15-7-3-2-4-8-15/h2-13H,1H3,(H,20,21,22)/b12-11-. The molecule has 0 atom stereocenters. The van der Waals surface area contributed by atoms with E-state index in [1.165, 1.54) is 0 Å². The topological polar surface area (TPSA) is 42.0 Å². The first-order valence-corrected chi connectivity index (χ1v) is 7.13. The lowest BCUT2D eigenvalue weighted by atomic mass is 10.1. The summed E-state index contributed by atoms with van der Waals surface area (Å²) in [4.78, 5) is 16.6. The van der Waals surface area contributed by atoms with Crippen LogP contribution in [0, 0.1) is 6.92 Å². The number of rotatable bonds is 3. The average molecular weight is 288 g/mol. The van der Waals surface area contributed by atoms with Gasteiger partial charge in [-0.05, 0) is 30.7 Å². The Morgan fingerprint density at radius 3 is 2.59 bits per heavy atom. The third-order valence-corrected chi connectivity index (χ3v) is 3.33. The Hall–Kier alpha value is -2.94. The summed E-state index contributed by atoms with van der Waals surface area (Å²) in [6.45, 7) is 1.92. The number of benzene rings is 2. The van der Waals surface area contributed by atoms with Crippen molar-refractivity contribution >= 4 is 28.6 Å². The number of aryl methyl sites for hydroxylation is 1. The molecule has 0 spiro atoms. The van der Waals surface area contributed by atoms with E-state index in [2.05, 4.69) is 10.3 Å². The fourth-order valence-corrected chi connectivity index (χ4v) is 2.32. The summed E-state index contributed by atoms with van der Waals surface area (Å²) in [7, 11) is 0.